The Bertz CT molecular complexity index is 1540. The van der Waals surface area contributed by atoms with Crippen molar-refractivity contribution >= 4 is 58.9 Å². The molecule has 2 aliphatic rings. The van der Waals surface area contributed by atoms with Gasteiger partial charge in [0.15, 0.2) is 4.21 Å². The first-order valence-electron chi connectivity index (χ1n) is 14.8. The molecule has 4 N–H and O–H groups in total. The first-order valence-corrected chi connectivity index (χ1v) is 19.7. The van der Waals surface area contributed by atoms with E-state index in [1.165, 1.54) is 12.1 Å². The summed E-state index contributed by atoms with van der Waals surface area (Å²) < 4.78 is 54.8. The fourth-order valence-corrected chi connectivity index (χ4v) is 11.2. The Labute approximate surface area is 284 Å². The van der Waals surface area contributed by atoms with Gasteiger partial charge < -0.3 is 10.2 Å². The zero-order chi connectivity index (χ0) is 33.5. The average molecular weight is 769 g/mol. The Morgan fingerprint density at radius 3 is 1.87 bits per heavy atom. The first-order chi connectivity index (χ1) is 21.0. The second-order valence-corrected chi connectivity index (χ2v) is 18.3. The van der Waals surface area contributed by atoms with Gasteiger partial charge in [-0.2, -0.15) is 5.26 Å². The van der Waals surface area contributed by atoms with Crippen molar-refractivity contribution in [2.45, 2.75) is 73.9 Å². The van der Waals surface area contributed by atoms with Gasteiger partial charge in [-0.25, -0.2) is 26.3 Å². The number of likely N-dealkylation sites (tertiary alicyclic amines) is 2. The van der Waals surface area contributed by atoms with Crippen molar-refractivity contribution in [3.05, 3.63) is 44.7 Å². The second kappa shape index (κ2) is 16.8. The lowest BCUT2D eigenvalue weighted by Gasteiger charge is -2.24. The second-order valence-electron chi connectivity index (χ2n) is 12.1. The van der Waals surface area contributed by atoms with Gasteiger partial charge in [0.2, 0.25) is 10.0 Å². The van der Waals surface area contributed by atoms with E-state index in [1.54, 1.807) is 18.2 Å². The third-order valence-electron chi connectivity index (χ3n) is 7.90. The summed E-state index contributed by atoms with van der Waals surface area (Å²) in [5.41, 5.74) is 0.0940. The molecule has 2 aromatic rings. The molecule has 0 amide bonds. The van der Waals surface area contributed by atoms with Gasteiger partial charge in [0.1, 0.15) is 6.07 Å². The molecule has 0 saturated carbocycles. The molecule has 45 heavy (non-hydrogen) atoms. The maximum atomic E-state index is 12.3. The van der Waals surface area contributed by atoms with Crippen molar-refractivity contribution in [3.63, 3.8) is 0 Å². The number of aliphatic hydroxyl groups excluding tert-OH is 2. The van der Waals surface area contributed by atoms with Crippen molar-refractivity contribution < 1.29 is 27.0 Å². The van der Waals surface area contributed by atoms with Crippen LogP contribution in [0.15, 0.2) is 43.9 Å². The highest BCUT2D eigenvalue weighted by Gasteiger charge is 2.30. The van der Waals surface area contributed by atoms with E-state index in [4.69, 9.17) is 16.9 Å². The van der Waals surface area contributed by atoms with Crippen LogP contribution in [-0.2, 0) is 20.0 Å². The molecule has 0 spiro atoms. The van der Waals surface area contributed by atoms with Crippen molar-refractivity contribution in [3.8, 4) is 6.07 Å². The van der Waals surface area contributed by atoms with Crippen molar-refractivity contribution in [1.82, 2.24) is 19.2 Å². The SMILES string of the molecule is CC1CC(C)N(C[C@@H](O)CNS(=O)(=O)c2ccccc2C#N)C1.CC1CC(C)N(C[C@@H](O)CNS(=O)(=O)c2sc(Cl)cc2Br)C1. The number of rotatable bonds is 12. The Morgan fingerprint density at radius 1 is 0.956 bits per heavy atom. The topological polar surface area (TPSA) is 163 Å². The van der Waals surface area contributed by atoms with E-state index in [0.29, 0.717) is 45.8 Å². The van der Waals surface area contributed by atoms with E-state index >= 15 is 0 Å². The molecule has 16 heteroatoms. The monoisotopic (exact) mass is 767 g/mol. The normalized spacial score (nSPS) is 24.2. The van der Waals surface area contributed by atoms with Gasteiger partial charge in [0, 0.05) is 51.4 Å². The van der Waals surface area contributed by atoms with Gasteiger partial charge >= 0.3 is 0 Å². The number of nitrogens with one attached hydrogen (secondary N) is 2. The van der Waals surface area contributed by atoms with Crippen LogP contribution in [-0.4, -0.2) is 100 Å². The minimum Gasteiger partial charge on any atom is -0.390 e. The summed E-state index contributed by atoms with van der Waals surface area (Å²) in [6.07, 6.45) is 0.677. The van der Waals surface area contributed by atoms with Crippen LogP contribution in [0.5, 0.6) is 0 Å². The Kier molecular flexibility index (Phi) is 14.3. The lowest BCUT2D eigenvalue weighted by atomic mass is 10.1. The summed E-state index contributed by atoms with van der Waals surface area (Å²) in [6.45, 7) is 11.3. The first kappa shape index (κ1) is 38.3. The van der Waals surface area contributed by atoms with E-state index in [0.717, 1.165) is 37.3 Å². The lowest BCUT2D eigenvalue weighted by molar-refractivity contribution is 0.111. The number of sulfonamides is 2. The molecule has 1 aromatic heterocycles. The van der Waals surface area contributed by atoms with Gasteiger partial charge in [-0.3, -0.25) is 9.80 Å². The zero-order valence-corrected chi connectivity index (χ0v) is 30.6. The number of halogens is 2. The number of benzene rings is 1. The predicted octanol–water partition coefficient (Wildman–Crippen LogP) is 3.46. The minimum atomic E-state index is -3.81. The Hall–Kier alpha value is -1.16. The fraction of sp³-hybridized carbons (Fsp3) is 0.621. The third-order valence-corrected chi connectivity index (χ3v) is 13.8. The van der Waals surface area contributed by atoms with Crippen LogP contribution in [0.25, 0.3) is 0 Å². The van der Waals surface area contributed by atoms with Gasteiger partial charge in [-0.1, -0.05) is 37.6 Å². The van der Waals surface area contributed by atoms with E-state index < -0.39 is 32.3 Å². The van der Waals surface area contributed by atoms with Gasteiger partial charge in [0.05, 0.1) is 31.5 Å². The number of hydrogen-bond acceptors (Lipinski definition) is 10. The minimum absolute atomic E-state index is 0.0120. The van der Waals surface area contributed by atoms with Gasteiger partial charge in [0.25, 0.3) is 10.0 Å². The van der Waals surface area contributed by atoms with E-state index in [-0.39, 0.29) is 27.8 Å². The van der Waals surface area contributed by atoms with Gasteiger partial charge in [-0.05, 0) is 72.7 Å². The van der Waals surface area contributed by atoms with E-state index in [9.17, 15) is 27.0 Å². The molecule has 3 heterocycles. The number of nitriles is 1. The summed E-state index contributed by atoms with van der Waals surface area (Å²) >= 11 is 9.98. The summed E-state index contributed by atoms with van der Waals surface area (Å²) in [7, 11) is -7.47. The maximum Gasteiger partial charge on any atom is 0.251 e. The van der Waals surface area contributed by atoms with Crippen molar-refractivity contribution in [2.24, 2.45) is 11.8 Å². The summed E-state index contributed by atoms with van der Waals surface area (Å²) in [5, 5.41) is 29.2. The summed E-state index contributed by atoms with van der Waals surface area (Å²) in [6, 6.07) is 10.3. The molecule has 4 unspecified atom stereocenters. The molecule has 0 bridgehead atoms. The van der Waals surface area contributed by atoms with Crippen molar-refractivity contribution in [1.29, 1.82) is 5.26 Å². The van der Waals surface area contributed by atoms with Crippen LogP contribution in [0.4, 0.5) is 0 Å². The highest BCUT2D eigenvalue weighted by atomic mass is 79.9. The number of thiophene rings is 1. The van der Waals surface area contributed by atoms with Crippen LogP contribution in [0, 0.1) is 23.2 Å². The lowest BCUT2D eigenvalue weighted by Crippen LogP contribution is -2.41. The average Bonchev–Trinajstić information content (AvgIpc) is 3.60. The molecule has 11 nitrogen and oxygen atoms in total. The third kappa shape index (κ3) is 11.2. The Balaban J connectivity index is 0.000000246. The molecular weight excluding hydrogens is 726 g/mol. The number of nitrogens with zero attached hydrogens (tertiary/aromatic N) is 3. The van der Waals surface area contributed by atoms with E-state index in [1.807, 2.05) is 6.07 Å². The predicted molar refractivity (Wildman–Crippen MR) is 180 cm³/mol. The molecule has 2 saturated heterocycles. The molecule has 2 fully saturated rings. The molecule has 6 atom stereocenters. The largest absolute Gasteiger partial charge is 0.390 e. The number of β-amino-alcohol motifs (C(OH)–C–C–N with tert-alkyl or cyclic N) is 2. The molecule has 0 aliphatic carbocycles. The summed E-state index contributed by atoms with van der Waals surface area (Å²) in [5.74, 6) is 1.21. The molecule has 0 radical (unpaired) electrons. The smallest absolute Gasteiger partial charge is 0.251 e. The molecule has 2 aliphatic heterocycles. The molecule has 252 valence electrons. The molecule has 1 aromatic carbocycles. The van der Waals surface area contributed by atoms with Crippen LogP contribution >= 0.6 is 38.9 Å². The molecule has 4 rings (SSSR count). The zero-order valence-electron chi connectivity index (χ0n) is 25.9. The van der Waals surface area contributed by atoms with Crippen molar-refractivity contribution in [2.75, 3.05) is 39.3 Å². The molecular formula is C29H43BrClN5O6S3. The summed E-state index contributed by atoms with van der Waals surface area (Å²) in [4.78, 5) is 4.31. The highest BCUT2D eigenvalue weighted by Crippen LogP contribution is 2.34. The number of hydrogen-bond donors (Lipinski definition) is 4. The van der Waals surface area contributed by atoms with Crippen LogP contribution in [0.1, 0.15) is 46.1 Å². The Morgan fingerprint density at radius 2 is 1.44 bits per heavy atom. The highest BCUT2D eigenvalue weighted by molar-refractivity contribution is 9.10. The fourth-order valence-electron chi connectivity index (χ4n) is 5.81. The van der Waals surface area contributed by atoms with Crippen LogP contribution in [0.3, 0.4) is 0 Å². The van der Waals surface area contributed by atoms with E-state index in [2.05, 4.69) is 62.9 Å². The van der Waals surface area contributed by atoms with Crippen LogP contribution < -0.4 is 9.44 Å². The maximum absolute atomic E-state index is 12.3. The van der Waals surface area contributed by atoms with Gasteiger partial charge in [-0.15, -0.1) is 11.3 Å². The van der Waals surface area contributed by atoms with Crippen LogP contribution in [0.2, 0.25) is 4.34 Å². The number of aliphatic hydroxyl groups is 2. The standard InChI is InChI=1S/C16H23N3O3S.C13H20BrClN2O3S2/c1-12-7-13(2)19(10-12)11-15(20)9-18-23(21,22)16-6-4-3-5-14(16)8-17;1-8-3-9(2)17(6-8)7-10(18)5-16-22(19,20)13-11(14)4-12(15)21-13/h3-6,12-13,15,18,20H,7,9-11H2,1-2H3;4,8-10,16,18H,3,5-7H2,1-2H3/t12?,13?,15-;8?,9?,10-/m00/s1. The quantitative estimate of drug-likeness (QED) is 0.254.